The standard InChI is InChI=1S/C23H28N2O3.C4H4O4/c1-2-28-23(19-9-4-3-5-10-19)20-11-6-7-12-21(20)25(22(23)26)14-8-13-24-15-17-27-18-16-24;5-3(6)1-2-4(7)8/h3-7,9-12H,2,8,13-18H2,1H3;1-2H,(H,5,6)(H,7,8)/b;2-1-. The van der Waals surface area contributed by atoms with E-state index in [-0.39, 0.29) is 5.91 Å². The van der Waals surface area contributed by atoms with Gasteiger partial charge in [-0.15, -0.1) is 0 Å². The van der Waals surface area contributed by atoms with Gasteiger partial charge in [0.1, 0.15) is 13.1 Å². The normalized spacial score (nSPS) is 19.6. The fourth-order valence-electron chi connectivity index (χ4n) is 4.57. The first-order valence-corrected chi connectivity index (χ1v) is 12.0. The van der Waals surface area contributed by atoms with Crippen molar-refractivity contribution in [1.29, 1.82) is 0 Å². The molecule has 36 heavy (non-hydrogen) atoms. The Hall–Kier alpha value is -3.53. The number of anilines is 1. The molecule has 1 unspecified atom stereocenters. The molecule has 2 heterocycles. The Morgan fingerprint density at radius 1 is 1.11 bits per heavy atom. The van der Waals surface area contributed by atoms with E-state index in [2.05, 4.69) is 0 Å². The Morgan fingerprint density at radius 3 is 2.39 bits per heavy atom. The van der Waals surface area contributed by atoms with Crippen LogP contribution in [0.2, 0.25) is 0 Å². The first-order chi connectivity index (χ1) is 17.4. The zero-order chi connectivity index (χ0) is 26.0. The van der Waals surface area contributed by atoms with Gasteiger partial charge in [0.2, 0.25) is 0 Å². The van der Waals surface area contributed by atoms with Gasteiger partial charge >= 0.3 is 5.97 Å². The minimum absolute atomic E-state index is 0.0266. The van der Waals surface area contributed by atoms with Crippen LogP contribution in [0.4, 0.5) is 5.69 Å². The van der Waals surface area contributed by atoms with E-state index in [0.717, 1.165) is 56.1 Å². The monoisotopic (exact) mass is 496 g/mol. The average molecular weight is 497 g/mol. The lowest BCUT2D eigenvalue weighted by molar-refractivity contribution is -0.908. The van der Waals surface area contributed by atoms with Gasteiger partial charge in [-0.05, 0) is 24.6 Å². The molecule has 0 radical (unpaired) electrons. The Labute approximate surface area is 210 Å². The number of aliphatic carboxylic acids is 2. The van der Waals surface area contributed by atoms with Crippen LogP contribution in [0.15, 0.2) is 66.7 Å². The molecule has 9 nitrogen and oxygen atoms in total. The molecule has 0 saturated carbocycles. The van der Waals surface area contributed by atoms with Gasteiger partial charge in [0.05, 0.1) is 31.4 Å². The van der Waals surface area contributed by atoms with Crippen molar-refractivity contribution >= 4 is 23.5 Å². The van der Waals surface area contributed by atoms with Crippen molar-refractivity contribution in [2.24, 2.45) is 0 Å². The maximum absolute atomic E-state index is 13.7. The molecule has 2 aliphatic rings. The first-order valence-electron chi connectivity index (χ1n) is 12.0. The fourth-order valence-corrected chi connectivity index (χ4v) is 4.57. The van der Waals surface area contributed by atoms with Crippen molar-refractivity contribution in [3.05, 3.63) is 77.9 Å². The van der Waals surface area contributed by atoms with Crippen molar-refractivity contribution in [3.63, 3.8) is 0 Å². The number of hydrogen-bond donors (Lipinski definition) is 2. The number of nitrogens with one attached hydrogen (secondary N) is 1. The minimum atomic E-state index is -1.51. The highest BCUT2D eigenvalue weighted by Gasteiger charge is 2.53. The molecule has 0 spiro atoms. The largest absolute Gasteiger partial charge is 0.545 e. The van der Waals surface area contributed by atoms with Crippen LogP contribution in [0.3, 0.4) is 0 Å². The molecule has 0 aliphatic carbocycles. The second-order valence-electron chi connectivity index (χ2n) is 8.41. The van der Waals surface area contributed by atoms with E-state index in [1.807, 2.05) is 66.4 Å². The van der Waals surface area contributed by atoms with E-state index >= 15 is 0 Å². The van der Waals surface area contributed by atoms with Gasteiger partial charge in [-0.3, -0.25) is 4.79 Å². The first kappa shape index (κ1) is 27.1. The lowest BCUT2D eigenvalue weighted by Crippen LogP contribution is -3.14. The summed E-state index contributed by atoms with van der Waals surface area (Å²) in [5.41, 5.74) is 1.78. The zero-order valence-corrected chi connectivity index (χ0v) is 20.4. The van der Waals surface area contributed by atoms with Crippen molar-refractivity contribution in [2.45, 2.75) is 18.9 Å². The molecule has 1 saturated heterocycles. The maximum Gasteiger partial charge on any atom is 0.328 e. The molecule has 1 atom stereocenters. The number of carbonyl (C=O) groups excluding carboxylic acids is 2. The van der Waals surface area contributed by atoms with Gasteiger partial charge in [0, 0.05) is 31.2 Å². The third-order valence-electron chi connectivity index (χ3n) is 6.14. The molecule has 2 aliphatic heterocycles. The van der Waals surface area contributed by atoms with Crippen LogP contribution in [0, 0.1) is 0 Å². The predicted octanol–water partition coefficient (Wildman–Crippen LogP) is -0.00440. The molecular formula is C27H32N2O7. The third kappa shape index (κ3) is 6.37. The van der Waals surface area contributed by atoms with Crippen LogP contribution in [0.5, 0.6) is 0 Å². The summed E-state index contributed by atoms with van der Waals surface area (Å²) < 4.78 is 11.7. The molecule has 2 aromatic rings. The number of quaternary nitrogens is 1. The van der Waals surface area contributed by atoms with Crippen molar-refractivity contribution in [2.75, 3.05) is 50.9 Å². The topological polar surface area (TPSA) is 121 Å². The third-order valence-corrected chi connectivity index (χ3v) is 6.14. The Bertz CT molecular complexity index is 1050. The number of fused-ring (bicyclic) bond motifs is 1. The lowest BCUT2D eigenvalue weighted by Gasteiger charge is -2.29. The predicted molar refractivity (Wildman–Crippen MR) is 130 cm³/mol. The number of para-hydroxylation sites is 1. The second kappa shape index (κ2) is 13.0. The molecule has 2 N–H and O–H groups in total. The number of hydrogen-bond acceptors (Lipinski definition) is 6. The van der Waals surface area contributed by atoms with Crippen LogP contribution < -0.4 is 14.9 Å². The summed E-state index contributed by atoms with van der Waals surface area (Å²) in [5, 5.41) is 17.2. The summed E-state index contributed by atoms with van der Waals surface area (Å²) >= 11 is 0. The molecule has 4 rings (SSSR count). The van der Waals surface area contributed by atoms with Crippen LogP contribution in [-0.4, -0.2) is 69.0 Å². The van der Waals surface area contributed by atoms with Gasteiger partial charge in [-0.1, -0.05) is 48.5 Å². The Balaban J connectivity index is 0.000000392. The lowest BCUT2D eigenvalue weighted by atomic mass is 9.87. The van der Waals surface area contributed by atoms with E-state index in [0.29, 0.717) is 25.3 Å². The summed E-state index contributed by atoms with van der Waals surface area (Å²) in [6.45, 7) is 7.97. The van der Waals surface area contributed by atoms with Crippen LogP contribution in [0.1, 0.15) is 24.5 Å². The number of amides is 1. The summed E-state index contributed by atoms with van der Waals surface area (Å²) in [6.07, 6.45) is 1.91. The molecular weight excluding hydrogens is 464 g/mol. The van der Waals surface area contributed by atoms with Crippen molar-refractivity contribution in [1.82, 2.24) is 0 Å². The van der Waals surface area contributed by atoms with Gasteiger partial charge in [0.15, 0.2) is 5.60 Å². The Kier molecular flexibility index (Phi) is 9.75. The summed E-state index contributed by atoms with van der Waals surface area (Å²) in [6, 6.07) is 18.0. The van der Waals surface area contributed by atoms with E-state index in [1.54, 1.807) is 4.90 Å². The number of ether oxygens (including phenoxy) is 2. The van der Waals surface area contributed by atoms with Gasteiger partial charge in [0.25, 0.3) is 5.91 Å². The van der Waals surface area contributed by atoms with Gasteiger partial charge in [-0.25, -0.2) is 4.79 Å². The molecule has 0 bridgehead atoms. The zero-order valence-electron chi connectivity index (χ0n) is 20.4. The second-order valence-corrected chi connectivity index (χ2v) is 8.41. The van der Waals surface area contributed by atoms with E-state index in [4.69, 9.17) is 14.6 Å². The number of morpholine rings is 1. The maximum atomic E-state index is 13.7. The van der Waals surface area contributed by atoms with Gasteiger partial charge in [-0.2, -0.15) is 0 Å². The van der Waals surface area contributed by atoms with Crippen molar-refractivity contribution < 1.29 is 39.0 Å². The summed E-state index contributed by atoms with van der Waals surface area (Å²) in [5.74, 6) is -2.78. The number of benzene rings is 2. The average Bonchev–Trinajstić information content (AvgIpc) is 3.13. The number of carboxylic acids is 2. The number of carbonyl (C=O) groups is 3. The quantitative estimate of drug-likeness (QED) is 0.469. The molecule has 0 aromatic heterocycles. The van der Waals surface area contributed by atoms with Gasteiger partial charge < -0.3 is 34.3 Å². The highest BCUT2D eigenvalue weighted by molar-refractivity contribution is 6.09. The molecule has 192 valence electrons. The SMILES string of the molecule is CCOC1(c2ccccc2)C(=O)N(CCC[NH+]2CCOCC2)c2ccccc21.O=C([O-])/C=C\C(=O)O. The fraction of sp³-hybridized carbons (Fsp3) is 0.370. The van der Waals surface area contributed by atoms with E-state index in [1.165, 1.54) is 0 Å². The number of nitrogens with zero attached hydrogens (tertiary/aromatic N) is 1. The van der Waals surface area contributed by atoms with Crippen LogP contribution in [-0.2, 0) is 29.5 Å². The molecule has 2 aromatic carbocycles. The minimum Gasteiger partial charge on any atom is -0.545 e. The molecule has 1 amide bonds. The van der Waals surface area contributed by atoms with Crippen LogP contribution in [0.25, 0.3) is 0 Å². The van der Waals surface area contributed by atoms with Crippen molar-refractivity contribution in [3.8, 4) is 0 Å². The van der Waals surface area contributed by atoms with E-state index in [9.17, 15) is 19.5 Å². The molecule has 1 fully saturated rings. The summed E-state index contributed by atoms with van der Waals surface area (Å²) in [7, 11) is 0. The summed E-state index contributed by atoms with van der Waals surface area (Å²) in [4.78, 5) is 36.2. The highest BCUT2D eigenvalue weighted by Crippen LogP contribution is 2.46. The van der Waals surface area contributed by atoms with Crippen LogP contribution >= 0.6 is 0 Å². The highest BCUT2D eigenvalue weighted by atomic mass is 16.5. The van der Waals surface area contributed by atoms with E-state index < -0.39 is 17.5 Å². The molecule has 9 heteroatoms. The Morgan fingerprint density at radius 2 is 1.78 bits per heavy atom. The number of rotatable bonds is 9. The smallest absolute Gasteiger partial charge is 0.328 e. The number of carboxylic acid groups (broad SMARTS) is 2.